The number of hydrogen-bond donors (Lipinski definition) is 4. The van der Waals surface area contributed by atoms with Crippen molar-refractivity contribution >= 4 is 58.1 Å². The highest BCUT2D eigenvalue weighted by atomic mass is 32.1. The Morgan fingerprint density at radius 1 is 1.22 bits per heavy atom. The Morgan fingerprint density at radius 2 is 2.02 bits per heavy atom. The normalized spacial score (nSPS) is 16.3. The van der Waals surface area contributed by atoms with E-state index in [-0.39, 0.29) is 47.6 Å². The van der Waals surface area contributed by atoms with Crippen LogP contribution in [-0.2, 0) is 9.59 Å². The summed E-state index contributed by atoms with van der Waals surface area (Å²) in [5.74, 6) is 1.30. The van der Waals surface area contributed by atoms with Crippen LogP contribution in [0.4, 0.5) is 11.5 Å². The number of benzene rings is 1. The maximum Gasteiger partial charge on any atom is 0.237 e. The van der Waals surface area contributed by atoms with Gasteiger partial charge in [-0.25, -0.2) is 15.0 Å². The molecule has 0 unspecified atom stereocenters. The third kappa shape index (κ3) is 8.78. The molecule has 0 bridgehead atoms. The number of hydrogen-bond acceptors (Lipinski definition) is 11. The number of amides is 2. The van der Waals surface area contributed by atoms with Crippen molar-refractivity contribution in [2.75, 3.05) is 64.1 Å². The minimum atomic E-state index is -0.291. The standard InChI is InChI=1S/C36H46N10O4S/c1-6-46(30-10-8-26(37)33(43-30)32(38)24-7-9-27(50-22(2)3)28(17-24)49-5)36(48)25-11-14-44(19-25)20-31(47)45-15-12-23(13-16-45)35-41-18-29(51-35)34(39)42-21-40-4/h7-10,12,17-18,21-22,25,38H,6,11,13-16,19-20,37H2,1-5H3,(H2,39,40,42)/t25-/m1/s1. The van der Waals surface area contributed by atoms with Gasteiger partial charge in [-0.2, -0.15) is 0 Å². The summed E-state index contributed by atoms with van der Waals surface area (Å²) in [6.45, 7) is 8.56. The van der Waals surface area contributed by atoms with Gasteiger partial charge in [0.2, 0.25) is 11.8 Å². The van der Waals surface area contributed by atoms with Gasteiger partial charge < -0.3 is 25.4 Å². The number of nitrogens with one attached hydrogen (secondary N) is 3. The predicted octanol–water partition coefficient (Wildman–Crippen LogP) is 3.90. The summed E-state index contributed by atoms with van der Waals surface area (Å²) in [5, 5.41) is 20.6. The lowest BCUT2D eigenvalue weighted by Gasteiger charge is -2.28. The summed E-state index contributed by atoms with van der Waals surface area (Å²) in [6, 6.07) is 8.62. The van der Waals surface area contributed by atoms with Crippen molar-refractivity contribution in [1.29, 1.82) is 10.8 Å². The van der Waals surface area contributed by atoms with Crippen LogP contribution in [0.25, 0.3) is 5.57 Å². The minimum absolute atomic E-state index is 0.0255. The Balaban J connectivity index is 1.19. The Bertz CT molecular complexity index is 1840. The molecule has 2 amide bonds. The second-order valence-corrected chi connectivity index (χ2v) is 13.6. The lowest BCUT2D eigenvalue weighted by Crippen LogP contribution is -2.42. The molecular weight excluding hydrogens is 669 g/mol. The van der Waals surface area contributed by atoms with Crippen molar-refractivity contribution in [3.05, 3.63) is 63.7 Å². The maximum atomic E-state index is 13.8. The molecule has 2 aliphatic heterocycles. The zero-order valence-electron chi connectivity index (χ0n) is 29.7. The molecule has 3 aromatic rings. The van der Waals surface area contributed by atoms with Gasteiger partial charge in [-0.3, -0.25) is 30.2 Å². The molecule has 1 aromatic carbocycles. The summed E-state index contributed by atoms with van der Waals surface area (Å²) in [7, 11) is 3.28. The monoisotopic (exact) mass is 714 g/mol. The van der Waals surface area contributed by atoms with Crippen molar-refractivity contribution in [2.45, 2.75) is 39.7 Å². The van der Waals surface area contributed by atoms with Gasteiger partial charge in [-0.05, 0) is 76.1 Å². The van der Waals surface area contributed by atoms with E-state index in [1.807, 2.05) is 36.6 Å². The molecule has 5 rings (SSSR count). The van der Waals surface area contributed by atoms with Crippen molar-refractivity contribution in [3.63, 3.8) is 0 Å². The topological polar surface area (TPSA) is 186 Å². The average Bonchev–Trinajstić information content (AvgIpc) is 3.82. The number of aromatic nitrogens is 2. The molecule has 270 valence electrons. The first kappa shape index (κ1) is 37.1. The third-order valence-electron chi connectivity index (χ3n) is 8.70. The van der Waals surface area contributed by atoms with Gasteiger partial charge in [0.15, 0.2) is 17.3 Å². The quantitative estimate of drug-likeness (QED) is 0.151. The van der Waals surface area contributed by atoms with Crippen LogP contribution in [0.15, 0.2) is 47.6 Å². The fraction of sp³-hybridized carbons (Fsp3) is 0.417. The second kappa shape index (κ2) is 16.7. The first-order valence-electron chi connectivity index (χ1n) is 17.0. The van der Waals surface area contributed by atoms with Gasteiger partial charge in [-0.1, -0.05) is 6.08 Å². The Kier molecular flexibility index (Phi) is 12.2. The summed E-state index contributed by atoms with van der Waals surface area (Å²) < 4.78 is 11.3. The van der Waals surface area contributed by atoms with E-state index in [2.05, 4.69) is 15.3 Å². The second-order valence-electron chi connectivity index (χ2n) is 12.6. The molecule has 0 spiro atoms. The molecular formula is C36H46N10O4S. The highest BCUT2D eigenvalue weighted by molar-refractivity contribution is 7.14. The van der Waals surface area contributed by atoms with Crippen molar-refractivity contribution in [1.82, 2.24) is 25.1 Å². The predicted molar refractivity (Wildman–Crippen MR) is 202 cm³/mol. The minimum Gasteiger partial charge on any atom is -0.493 e. The zero-order chi connectivity index (χ0) is 36.7. The smallest absolute Gasteiger partial charge is 0.237 e. The number of nitrogen functional groups attached to an aromatic ring is 1. The average molecular weight is 715 g/mol. The lowest BCUT2D eigenvalue weighted by molar-refractivity contribution is -0.132. The van der Waals surface area contributed by atoms with Crippen LogP contribution in [0.3, 0.4) is 0 Å². The Labute approximate surface area is 302 Å². The van der Waals surface area contributed by atoms with E-state index in [1.165, 1.54) is 17.7 Å². The van der Waals surface area contributed by atoms with E-state index in [0.29, 0.717) is 79.0 Å². The number of methoxy groups -OCH3 is 1. The van der Waals surface area contributed by atoms with Crippen molar-refractivity contribution < 1.29 is 19.1 Å². The molecule has 15 heteroatoms. The van der Waals surface area contributed by atoms with Gasteiger partial charge in [0.05, 0.1) is 48.3 Å². The number of thiazole rings is 1. The lowest BCUT2D eigenvalue weighted by atomic mass is 10.0. The third-order valence-corrected chi connectivity index (χ3v) is 9.78. The van der Waals surface area contributed by atoms with E-state index in [4.69, 9.17) is 31.0 Å². The van der Waals surface area contributed by atoms with Crippen molar-refractivity contribution in [3.8, 4) is 11.5 Å². The molecule has 2 aliphatic rings. The number of nitrogens with two attached hydrogens (primary N) is 1. The summed E-state index contributed by atoms with van der Waals surface area (Å²) in [5.41, 5.74) is 8.61. The number of pyridine rings is 1. The molecule has 2 aromatic heterocycles. The summed E-state index contributed by atoms with van der Waals surface area (Å²) >= 11 is 1.42. The van der Waals surface area contributed by atoms with Crippen LogP contribution < -0.4 is 25.4 Å². The Hall–Kier alpha value is -5.15. The fourth-order valence-electron chi connectivity index (χ4n) is 6.06. The number of carbonyl (C=O) groups is 2. The van der Waals surface area contributed by atoms with E-state index < -0.39 is 0 Å². The summed E-state index contributed by atoms with van der Waals surface area (Å²) in [6.07, 6.45) is 6.43. The van der Waals surface area contributed by atoms with Gasteiger partial charge in [0, 0.05) is 45.0 Å². The SMILES string of the molecule is CCN(C(=O)[C@@H]1CCN(CC(=O)N2CC=C(c3ncc(C(=N)/N=C\NC)s3)CC2)C1)c1ccc(N)c(C(=N)c2ccc(OC(C)C)c(OC)c2)n1. The molecule has 14 nitrogen and oxygen atoms in total. The van der Waals surface area contributed by atoms with Gasteiger partial charge in [0.25, 0.3) is 0 Å². The molecule has 0 radical (unpaired) electrons. The molecule has 0 saturated carbocycles. The number of nitrogens with zero attached hydrogens (tertiary/aromatic N) is 6. The van der Waals surface area contributed by atoms with E-state index in [1.54, 1.807) is 55.6 Å². The van der Waals surface area contributed by atoms with Crippen LogP contribution >= 0.6 is 11.3 Å². The first-order valence-corrected chi connectivity index (χ1v) is 17.8. The number of likely N-dealkylation sites (tertiary alicyclic amines) is 1. The van der Waals surface area contributed by atoms with Crippen LogP contribution in [0, 0.1) is 16.7 Å². The first-order chi connectivity index (χ1) is 24.5. The molecule has 5 N–H and O–H groups in total. The number of ether oxygens (including phenoxy) is 2. The largest absolute Gasteiger partial charge is 0.493 e. The molecule has 4 heterocycles. The van der Waals surface area contributed by atoms with E-state index >= 15 is 0 Å². The van der Waals surface area contributed by atoms with Gasteiger partial charge in [-0.15, -0.1) is 11.3 Å². The molecule has 1 saturated heterocycles. The number of amidine groups is 1. The van der Waals surface area contributed by atoms with Crippen LogP contribution in [-0.4, -0.2) is 109 Å². The molecule has 1 atom stereocenters. The molecule has 0 aliphatic carbocycles. The number of aliphatic imine (C=N–C) groups is 1. The maximum absolute atomic E-state index is 13.8. The highest BCUT2D eigenvalue weighted by Gasteiger charge is 2.34. The highest BCUT2D eigenvalue weighted by Crippen LogP contribution is 2.31. The molecule has 51 heavy (non-hydrogen) atoms. The van der Waals surface area contributed by atoms with Crippen LogP contribution in [0.5, 0.6) is 11.5 Å². The van der Waals surface area contributed by atoms with Crippen molar-refractivity contribution in [2.24, 2.45) is 10.9 Å². The Morgan fingerprint density at radius 3 is 2.71 bits per heavy atom. The molecule has 1 fully saturated rings. The van der Waals surface area contributed by atoms with Gasteiger partial charge in [0.1, 0.15) is 16.5 Å². The fourth-order valence-corrected chi connectivity index (χ4v) is 6.94. The van der Waals surface area contributed by atoms with Crippen LogP contribution in [0.1, 0.15) is 54.8 Å². The number of rotatable bonds is 13. The number of carbonyl (C=O) groups excluding carboxylic acids is 2. The van der Waals surface area contributed by atoms with Crippen LogP contribution in [0.2, 0.25) is 0 Å². The van der Waals surface area contributed by atoms with E-state index in [9.17, 15) is 9.59 Å². The van der Waals surface area contributed by atoms with Gasteiger partial charge >= 0.3 is 0 Å². The number of anilines is 2. The van der Waals surface area contributed by atoms with E-state index in [0.717, 1.165) is 10.6 Å². The zero-order valence-corrected chi connectivity index (χ0v) is 30.5. The summed E-state index contributed by atoms with van der Waals surface area (Å²) in [4.78, 5) is 46.5.